The summed E-state index contributed by atoms with van der Waals surface area (Å²) >= 11 is 0. The Morgan fingerprint density at radius 3 is 2.74 bits per heavy atom. The van der Waals surface area contributed by atoms with Gasteiger partial charge in [0.25, 0.3) is 0 Å². The lowest BCUT2D eigenvalue weighted by molar-refractivity contribution is -0.132. The first-order valence-electron chi connectivity index (χ1n) is 9.40. The van der Waals surface area contributed by atoms with E-state index in [0.717, 1.165) is 55.8 Å². The van der Waals surface area contributed by atoms with Crippen LogP contribution >= 0.6 is 12.4 Å². The van der Waals surface area contributed by atoms with E-state index in [0.29, 0.717) is 13.1 Å². The molecule has 150 valence electrons. The summed E-state index contributed by atoms with van der Waals surface area (Å²) in [5, 5.41) is 7.31. The van der Waals surface area contributed by atoms with E-state index in [9.17, 15) is 9.59 Å². The number of hydrogen-bond donors (Lipinski definition) is 1. The lowest BCUT2D eigenvalue weighted by Gasteiger charge is -2.31. The number of likely N-dealkylation sites (tertiary alicyclic amines) is 1. The number of nitrogens with zero attached hydrogens (tertiary/aromatic N) is 3. The number of nitrogens with one attached hydrogen (secondary N) is 1. The van der Waals surface area contributed by atoms with Crippen LogP contribution in [-0.4, -0.2) is 65.3 Å². The Morgan fingerprint density at radius 2 is 2.07 bits per heavy atom. The van der Waals surface area contributed by atoms with Crippen molar-refractivity contribution in [1.29, 1.82) is 0 Å². The van der Waals surface area contributed by atoms with Gasteiger partial charge in [0.1, 0.15) is 17.9 Å². The van der Waals surface area contributed by atoms with Crippen LogP contribution in [0.25, 0.3) is 0 Å². The van der Waals surface area contributed by atoms with Crippen molar-refractivity contribution in [1.82, 2.24) is 20.3 Å². The summed E-state index contributed by atoms with van der Waals surface area (Å²) in [6, 6.07) is -0.0137. The van der Waals surface area contributed by atoms with Crippen LogP contribution in [-0.2, 0) is 9.53 Å². The molecule has 1 aromatic rings. The van der Waals surface area contributed by atoms with Gasteiger partial charge in [0, 0.05) is 24.9 Å². The Labute approximate surface area is 165 Å². The molecule has 3 saturated heterocycles. The molecule has 4 heterocycles. The lowest BCUT2D eigenvalue weighted by Crippen LogP contribution is -2.46. The number of carbonyl (C=O) groups is 2. The summed E-state index contributed by atoms with van der Waals surface area (Å²) in [6.07, 6.45) is 3.08. The zero-order valence-corrected chi connectivity index (χ0v) is 16.6. The van der Waals surface area contributed by atoms with E-state index in [1.165, 1.54) is 0 Å². The third-order valence-corrected chi connectivity index (χ3v) is 5.88. The number of aromatic nitrogens is 1. The van der Waals surface area contributed by atoms with Gasteiger partial charge < -0.3 is 19.5 Å². The molecule has 0 radical (unpaired) electrons. The van der Waals surface area contributed by atoms with Crippen LogP contribution < -0.4 is 5.32 Å². The van der Waals surface area contributed by atoms with Crippen molar-refractivity contribution in [2.24, 2.45) is 0 Å². The van der Waals surface area contributed by atoms with Gasteiger partial charge >= 0.3 is 6.09 Å². The monoisotopic (exact) mass is 398 g/mol. The third kappa shape index (κ3) is 3.65. The van der Waals surface area contributed by atoms with Crippen molar-refractivity contribution in [3.8, 4) is 0 Å². The molecule has 1 spiro atoms. The maximum atomic E-state index is 13.0. The van der Waals surface area contributed by atoms with Crippen LogP contribution in [0.1, 0.15) is 48.7 Å². The summed E-state index contributed by atoms with van der Waals surface area (Å²) < 4.78 is 10.9. The van der Waals surface area contributed by atoms with E-state index in [1.807, 2.05) is 18.7 Å². The van der Waals surface area contributed by atoms with Gasteiger partial charge in [-0.25, -0.2) is 4.79 Å². The molecule has 4 rings (SSSR count). The molecular formula is C18H27ClN4O4. The summed E-state index contributed by atoms with van der Waals surface area (Å²) in [4.78, 5) is 28.7. The minimum atomic E-state index is -0.422. The molecule has 0 saturated carbocycles. The van der Waals surface area contributed by atoms with Gasteiger partial charge in [-0.2, -0.15) is 0 Å². The number of aryl methyl sites for hydroxylation is 2. The smallest absolute Gasteiger partial charge is 0.410 e. The standard InChI is InChI=1S/C18H26N4O4.ClH/c1-12-16(13(2)26-20-12)14-4-3-9-22(14)15(23)10-21-11-18(25-17(21)24)5-7-19-8-6-18;/h14,19H,3-11H2,1-2H3;1H. The molecule has 0 bridgehead atoms. The fraction of sp³-hybridized carbons (Fsp3) is 0.722. The highest BCUT2D eigenvalue weighted by Gasteiger charge is 2.47. The minimum Gasteiger partial charge on any atom is -0.441 e. The molecule has 1 atom stereocenters. The molecule has 3 aliphatic rings. The first-order chi connectivity index (χ1) is 12.5. The molecule has 0 aliphatic carbocycles. The Bertz CT molecular complexity index is 697. The number of ether oxygens (including phenoxy) is 1. The van der Waals surface area contributed by atoms with Crippen LogP contribution in [0.4, 0.5) is 4.79 Å². The molecule has 9 heteroatoms. The predicted molar refractivity (Wildman–Crippen MR) is 99.8 cm³/mol. The Hall–Kier alpha value is -1.80. The van der Waals surface area contributed by atoms with Gasteiger partial charge in [0.15, 0.2) is 0 Å². The van der Waals surface area contributed by atoms with Gasteiger partial charge in [-0.1, -0.05) is 5.16 Å². The van der Waals surface area contributed by atoms with Gasteiger partial charge in [-0.15, -0.1) is 12.4 Å². The lowest BCUT2D eigenvalue weighted by atomic mass is 9.92. The SMILES string of the molecule is Cc1noc(C)c1C1CCCN1C(=O)CN1CC2(CCNCC2)OC1=O.Cl. The minimum absolute atomic E-state index is 0. The first-order valence-corrected chi connectivity index (χ1v) is 9.40. The van der Waals surface area contributed by atoms with Crippen LogP contribution in [0, 0.1) is 13.8 Å². The fourth-order valence-corrected chi connectivity index (χ4v) is 4.54. The van der Waals surface area contributed by atoms with Crippen LogP contribution in [0.2, 0.25) is 0 Å². The van der Waals surface area contributed by atoms with Crippen molar-refractivity contribution in [2.45, 2.75) is 51.2 Å². The molecule has 1 aromatic heterocycles. The Kier molecular flexibility index (Phi) is 5.67. The predicted octanol–water partition coefficient (Wildman–Crippen LogP) is 1.95. The van der Waals surface area contributed by atoms with E-state index in [4.69, 9.17) is 9.26 Å². The molecule has 3 aliphatic heterocycles. The van der Waals surface area contributed by atoms with Gasteiger partial charge in [0.2, 0.25) is 5.91 Å². The molecule has 1 unspecified atom stereocenters. The average Bonchev–Trinajstić information content (AvgIpc) is 3.28. The van der Waals surface area contributed by atoms with Crippen molar-refractivity contribution in [2.75, 3.05) is 32.7 Å². The summed E-state index contributed by atoms with van der Waals surface area (Å²) in [5.41, 5.74) is 1.42. The van der Waals surface area contributed by atoms with Gasteiger partial charge in [0.05, 0.1) is 18.3 Å². The second kappa shape index (κ2) is 7.67. The van der Waals surface area contributed by atoms with E-state index < -0.39 is 5.60 Å². The van der Waals surface area contributed by atoms with Crippen molar-refractivity contribution in [3.05, 3.63) is 17.0 Å². The quantitative estimate of drug-likeness (QED) is 0.837. The zero-order valence-electron chi connectivity index (χ0n) is 15.8. The third-order valence-electron chi connectivity index (χ3n) is 5.88. The van der Waals surface area contributed by atoms with Crippen LogP contribution in [0.3, 0.4) is 0 Å². The summed E-state index contributed by atoms with van der Waals surface area (Å²) in [7, 11) is 0. The Morgan fingerprint density at radius 1 is 1.33 bits per heavy atom. The van der Waals surface area contributed by atoms with E-state index in [1.54, 1.807) is 4.90 Å². The summed E-state index contributed by atoms with van der Waals surface area (Å²) in [5.74, 6) is 0.733. The number of carbonyl (C=O) groups excluding carboxylic acids is 2. The van der Waals surface area contributed by atoms with Crippen molar-refractivity contribution in [3.63, 3.8) is 0 Å². The second-order valence-electron chi connectivity index (χ2n) is 7.64. The molecule has 0 aromatic carbocycles. The number of piperidine rings is 1. The van der Waals surface area contributed by atoms with E-state index in [2.05, 4.69) is 10.5 Å². The number of rotatable bonds is 3. The van der Waals surface area contributed by atoms with Crippen molar-refractivity contribution >= 4 is 24.4 Å². The fourth-order valence-electron chi connectivity index (χ4n) is 4.54. The molecule has 8 nitrogen and oxygen atoms in total. The Balaban J connectivity index is 0.00000210. The van der Waals surface area contributed by atoms with E-state index >= 15 is 0 Å². The highest BCUT2D eigenvalue weighted by Crippen LogP contribution is 2.36. The highest BCUT2D eigenvalue weighted by atomic mass is 35.5. The molecule has 2 amide bonds. The highest BCUT2D eigenvalue weighted by molar-refractivity contribution is 5.85. The van der Waals surface area contributed by atoms with Gasteiger partial charge in [-0.05, 0) is 39.8 Å². The molecule has 1 N–H and O–H groups in total. The maximum Gasteiger partial charge on any atom is 0.410 e. The van der Waals surface area contributed by atoms with Crippen LogP contribution in [0.5, 0.6) is 0 Å². The summed E-state index contributed by atoms with van der Waals surface area (Å²) in [6.45, 7) is 6.76. The second-order valence-corrected chi connectivity index (χ2v) is 7.64. The van der Waals surface area contributed by atoms with Crippen LogP contribution in [0.15, 0.2) is 4.52 Å². The zero-order chi connectivity index (χ0) is 18.3. The number of hydrogen-bond acceptors (Lipinski definition) is 6. The van der Waals surface area contributed by atoms with Crippen molar-refractivity contribution < 1.29 is 18.8 Å². The topological polar surface area (TPSA) is 87.9 Å². The van der Waals surface area contributed by atoms with Gasteiger partial charge in [-0.3, -0.25) is 9.69 Å². The molecular weight excluding hydrogens is 372 g/mol. The molecule has 3 fully saturated rings. The number of amides is 2. The largest absolute Gasteiger partial charge is 0.441 e. The normalized spacial score (nSPS) is 24.2. The number of halogens is 1. The van der Waals surface area contributed by atoms with E-state index in [-0.39, 0.29) is 37.0 Å². The molecule has 27 heavy (non-hydrogen) atoms. The average molecular weight is 399 g/mol. The first kappa shape index (κ1) is 19.9. The maximum absolute atomic E-state index is 13.0.